The number of hydrogen-bond acceptors (Lipinski definition) is 5. The summed E-state index contributed by atoms with van der Waals surface area (Å²) >= 11 is 0. The molecule has 0 unspecified atom stereocenters. The maximum absolute atomic E-state index is 12.2. The van der Waals surface area contributed by atoms with Gasteiger partial charge in [0.05, 0.1) is 6.04 Å². The number of nitrogens with zero attached hydrogens (tertiary/aromatic N) is 4. The largest absolute Gasteiger partial charge is 0.338 e. The Morgan fingerprint density at radius 2 is 2.05 bits per heavy atom. The van der Waals surface area contributed by atoms with E-state index in [4.69, 9.17) is 4.52 Å². The molecule has 1 amide bonds. The lowest BCUT2D eigenvalue weighted by Gasteiger charge is -2.36. The maximum atomic E-state index is 12.2. The number of aromatic nitrogens is 2. The van der Waals surface area contributed by atoms with Crippen molar-refractivity contribution in [2.75, 3.05) is 13.1 Å². The highest BCUT2D eigenvalue weighted by molar-refractivity contribution is 5.76. The molecule has 2 fully saturated rings. The number of amides is 1. The number of aryl methyl sites for hydroxylation is 1. The molecular formula is C16H26N4O2. The van der Waals surface area contributed by atoms with E-state index in [1.54, 1.807) is 0 Å². The van der Waals surface area contributed by atoms with E-state index in [1.165, 1.54) is 6.42 Å². The minimum Gasteiger partial charge on any atom is -0.338 e. The molecule has 3 atom stereocenters. The van der Waals surface area contributed by atoms with Crippen molar-refractivity contribution in [2.24, 2.45) is 0 Å². The van der Waals surface area contributed by atoms with Crippen molar-refractivity contribution in [3.05, 3.63) is 11.7 Å². The molecule has 2 saturated heterocycles. The summed E-state index contributed by atoms with van der Waals surface area (Å²) in [5.41, 5.74) is 0. The van der Waals surface area contributed by atoms with Crippen molar-refractivity contribution in [2.45, 2.75) is 71.0 Å². The van der Waals surface area contributed by atoms with Crippen molar-refractivity contribution in [3.8, 4) is 0 Å². The highest BCUT2D eigenvalue weighted by atomic mass is 16.5. The van der Waals surface area contributed by atoms with Gasteiger partial charge in [0.25, 0.3) is 0 Å². The molecule has 0 N–H and O–H groups in total. The fraction of sp³-hybridized carbons (Fsp3) is 0.812. The molecule has 0 saturated carbocycles. The van der Waals surface area contributed by atoms with Gasteiger partial charge in [0.15, 0.2) is 5.82 Å². The molecule has 0 aliphatic carbocycles. The Kier molecular flexibility index (Phi) is 4.47. The Hall–Kier alpha value is -1.43. The maximum Gasteiger partial charge on any atom is 0.243 e. The van der Waals surface area contributed by atoms with E-state index in [-0.39, 0.29) is 11.9 Å². The lowest BCUT2D eigenvalue weighted by atomic mass is 10.0. The molecule has 0 radical (unpaired) electrons. The predicted octanol–water partition coefficient (Wildman–Crippen LogP) is 2.30. The normalized spacial score (nSPS) is 27.5. The highest BCUT2D eigenvalue weighted by Gasteiger charge is 2.41. The quantitative estimate of drug-likeness (QED) is 0.854. The third kappa shape index (κ3) is 2.76. The SMILES string of the molecule is CCC(=O)N1CCC[C@@H]1[C@@H]1CCCN1[C@@H](C)c1nc(C)no1. The average Bonchev–Trinajstić information content (AvgIpc) is 3.24. The van der Waals surface area contributed by atoms with Crippen LogP contribution in [0, 0.1) is 6.92 Å². The third-order valence-electron chi connectivity index (χ3n) is 5.11. The zero-order valence-corrected chi connectivity index (χ0v) is 13.8. The van der Waals surface area contributed by atoms with E-state index in [1.807, 2.05) is 13.8 Å². The van der Waals surface area contributed by atoms with Gasteiger partial charge in [0.2, 0.25) is 11.8 Å². The molecule has 0 spiro atoms. The number of hydrogen-bond donors (Lipinski definition) is 0. The van der Waals surface area contributed by atoms with E-state index >= 15 is 0 Å². The fourth-order valence-corrected chi connectivity index (χ4v) is 4.04. The molecule has 3 heterocycles. The molecule has 0 aromatic carbocycles. The second-order valence-electron chi connectivity index (χ2n) is 6.45. The van der Waals surface area contributed by atoms with E-state index in [0.29, 0.717) is 30.2 Å². The summed E-state index contributed by atoms with van der Waals surface area (Å²) in [6.07, 6.45) is 5.15. The number of likely N-dealkylation sites (tertiary alicyclic amines) is 2. The Morgan fingerprint density at radius 3 is 2.73 bits per heavy atom. The van der Waals surface area contributed by atoms with Gasteiger partial charge in [-0.1, -0.05) is 12.1 Å². The number of carbonyl (C=O) groups excluding carboxylic acids is 1. The Morgan fingerprint density at radius 1 is 1.32 bits per heavy atom. The van der Waals surface area contributed by atoms with Gasteiger partial charge in [-0.2, -0.15) is 4.98 Å². The summed E-state index contributed by atoms with van der Waals surface area (Å²) in [4.78, 5) is 21.1. The molecule has 2 aliphatic rings. The van der Waals surface area contributed by atoms with Crippen LogP contribution in [-0.2, 0) is 4.79 Å². The Balaban J connectivity index is 1.76. The average molecular weight is 306 g/mol. The van der Waals surface area contributed by atoms with Gasteiger partial charge in [0.1, 0.15) is 0 Å². The van der Waals surface area contributed by atoms with Gasteiger partial charge in [-0.05, 0) is 46.1 Å². The molecule has 2 aliphatic heterocycles. The van der Waals surface area contributed by atoms with Crippen molar-refractivity contribution in [3.63, 3.8) is 0 Å². The van der Waals surface area contributed by atoms with Crippen LogP contribution in [0.2, 0.25) is 0 Å². The van der Waals surface area contributed by atoms with Gasteiger partial charge in [-0.25, -0.2) is 0 Å². The lowest BCUT2D eigenvalue weighted by molar-refractivity contribution is -0.132. The van der Waals surface area contributed by atoms with Crippen molar-refractivity contribution < 1.29 is 9.32 Å². The summed E-state index contributed by atoms with van der Waals surface area (Å²) in [5.74, 6) is 1.66. The third-order valence-corrected chi connectivity index (χ3v) is 5.11. The summed E-state index contributed by atoms with van der Waals surface area (Å²) in [7, 11) is 0. The van der Waals surface area contributed by atoms with Gasteiger partial charge in [-0.15, -0.1) is 0 Å². The molecule has 22 heavy (non-hydrogen) atoms. The molecule has 122 valence electrons. The highest BCUT2D eigenvalue weighted by Crippen LogP contribution is 2.35. The second kappa shape index (κ2) is 6.36. The van der Waals surface area contributed by atoms with E-state index in [2.05, 4.69) is 26.9 Å². The monoisotopic (exact) mass is 306 g/mol. The van der Waals surface area contributed by atoms with Gasteiger partial charge < -0.3 is 9.42 Å². The first kappa shape index (κ1) is 15.5. The molecular weight excluding hydrogens is 280 g/mol. The van der Waals surface area contributed by atoms with E-state index in [9.17, 15) is 4.79 Å². The predicted molar refractivity (Wildman–Crippen MR) is 82.2 cm³/mol. The first-order valence-electron chi connectivity index (χ1n) is 8.47. The van der Waals surface area contributed by atoms with Crippen LogP contribution in [0.1, 0.15) is 63.7 Å². The summed E-state index contributed by atoms with van der Waals surface area (Å²) in [5, 5.41) is 3.91. The van der Waals surface area contributed by atoms with Gasteiger partial charge in [0, 0.05) is 25.0 Å². The van der Waals surface area contributed by atoms with Gasteiger partial charge in [-0.3, -0.25) is 9.69 Å². The lowest BCUT2D eigenvalue weighted by Crippen LogP contribution is -2.48. The summed E-state index contributed by atoms with van der Waals surface area (Å²) < 4.78 is 5.36. The number of rotatable bonds is 4. The molecule has 6 heteroatoms. The van der Waals surface area contributed by atoms with E-state index in [0.717, 1.165) is 32.4 Å². The minimum atomic E-state index is 0.118. The second-order valence-corrected chi connectivity index (χ2v) is 6.45. The van der Waals surface area contributed by atoms with Crippen LogP contribution in [0.15, 0.2) is 4.52 Å². The van der Waals surface area contributed by atoms with Gasteiger partial charge >= 0.3 is 0 Å². The van der Waals surface area contributed by atoms with Crippen molar-refractivity contribution in [1.82, 2.24) is 19.9 Å². The molecule has 0 bridgehead atoms. The van der Waals surface area contributed by atoms with E-state index < -0.39 is 0 Å². The topological polar surface area (TPSA) is 62.5 Å². The fourth-order valence-electron chi connectivity index (χ4n) is 4.04. The zero-order chi connectivity index (χ0) is 15.7. The van der Waals surface area contributed by atoms with Crippen LogP contribution in [0.3, 0.4) is 0 Å². The first-order chi connectivity index (χ1) is 10.6. The van der Waals surface area contributed by atoms with Crippen LogP contribution in [0.5, 0.6) is 0 Å². The molecule has 3 rings (SSSR count). The molecule has 1 aromatic heterocycles. The smallest absolute Gasteiger partial charge is 0.243 e. The van der Waals surface area contributed by atoms with Crippen molar-refractivity contribution in [1.29, 1.82) is 0 Å². The Labute approximate surface area is 131 Å². The van der Waals surface area contributed by atoms with Crippen LogP contribution in [-0.4, -0.2) is 51.0 Å². The standard InChI is InChI=1S/C16H26N4O2/c1-4-15(21)20-10-6-8-14(20)13-7-5-9-19(13)11(2)16-17-12(3)18-22-16/h11,13-14H,4-10H2,1-3H3/t11-,13-,14+/m0/s1. The molecule has 6 nitrogen and oxygen atoms in total. The first-order valence-corrected chi connectivity index (χ1v) is 8.47. The summed E-state index contributed by atoms with van der Waals surface area (Å²) in [6.45, 7) is 7.88. The van der Waals surface area contributed by atoms with Crippen LogP contribution >= 0.6 is 0 Å². The van der Waals surface area contributed by atoms with Crippen LogP contribution in [0.4, 0.5) is 0 Å². The minimum absolute atomic E-state index is 0.118. The zero-order valence-electron chi connectivity index (χ0n) is 13.8. The summed E-state index contributed by atoms with van der Waals surface area (Å²) in [6, 6.07) is 0.884. The van der Waals surface area contributed by atoms with Crippen molar-refractivity contribution >= 4 is 5.91 Å². The molecule has 1 aromatic rings. The number of carbonyl (C=O) groups is 1. The Bertz CT molecular complexity index is 530. The van der Waals surface area contributed by atoms with Crippen LogP contribution < -0.4 is 0 Å². The van der Waals surface area contributed by atoms with Crippen LogP contribution in [0.25, 0.3) is 0 Å².